The third kappa shape index (κ3) is 4.63. The summed E-state index contributed by atoms with van der Waals surface area (Å²) in [6.45, 7) is 2.82. The van der Waals surface area contributed by atoms with Gasteiger partial charge in [-0.15, -0.1) is 0 Å². The second-order valence-corrected chi connectivity index (χ2v) is 8.37. The average Bonchev–Trinajstić information content (AvgIpc) is 3.13. The number of oxime groups is 1. The molecule has 31 heavy (non-hydrogen) atoms. The number of rotatable bonds is 2. The minimum Gasteiger partial charge on any atom is -0.388 e. The highest BCUT2D eigenvalue weighted by Crippen LogP contribution is 2.37. The minimum atomic E-state index is -4.52. The third-order valence-corrected chi connectivity index (χ3v) is 6.05. The summed E-state index contributed by atoms with van der Waals surface area (Å²) in [4.78, 5) is 19.9. The fourth-order valence-electron chi connectivity index (χ4n) is 3.80. The van der Waals surface area contributed by atoms with Crippen molar-refractivity contribution in [2.24, 2.45) is 5.16 Å². The number of aryl methyl sites for hydroxylation is 1. The molecule has 2 aliphatic rings. The summed E-state index contributed by atoms with van der Waals surface area (Å²) in [6, 6.07) is 10.4. The van der Waals surface area contributed by atoms with Gasteiger partial charge in [0.05, 0.1) is 22.0 Å². The van der Waals surface area contributed by atoms with Crippen LogP contribution in [-0.2, 0) is 11.0 Å². The Bertz CT molecular complexity index is 1010. The van der Waals surface area contributed by atoms with Gasteiger partial charge >= 0.3 is 12.2 Å². The molecule has 0 aromatic heterocycles. The van der Waals surface area contributed by atoms with E-state index in [1.807, 2.05) is 31.2 Å². The number of carbonyl (C=O) groups is 1. The molecule has 0 bridgehead atoms. The summed E-state index contributed by atoms with van der Waals surface area (Å²) < 4.78 is 38.8. The maximum absolute atomic E-state index is 12.9. The number of nitrogens with zero attached hydrogens (tertiary/aromatic N) is 2. The van der Waals surface area contributed by atoms with Gasteiger partial charge in [-0.1, -0.05) is 46.6 Å². The van der Waals surface area contributed by atoms with Crippen LogP contribution in [0.5, 0.6) is 0 Å². The molecule has 0 unspecified atom stereocenters. The number of anilines is 1. The van der Waals surface area contributed by atoms with E-state index in [-0.39, 0.29) is 10.7 Å². The van der Waals surface area contributed by atoms with E-state index in [0.717, 1.165) is 35.0 Å². The van der Waals surface area contributed by atoms with Crippen LogP contribution in [0.1, 0.15) is 36.0 Å². The molecule has 2 aromatic carbocycles. The zero-order valence-corrected chi connectivity index (χ0v) is 17.6. The van der Waals surface area contributed by atoms with Crippen LogP contribution in [0.25, 0.3) is 0 Å². The molecule has 0 radical (unpaired) electrons. The smallest absolute Gasteiger partial charge is 0.388 e. The van der Waals surface area contributed by atoms with E-state index >= 15 is 0 Å². The molecular weight excluding hydrogens is 431 g/mol. The summed E-state index contributed by atoms with van der Waals surface area (Å²) in [5, 5.41) is 6.81. The number of benzene rings is 2. The maximum Gasteiger partial charge on any atom is 0.416 e. The van der Waals surface area contributed by atoms with Crippen molar-refractivity contribution in [2.45, 2.75) is 38.0 Å². The number of carbonyl (C=O) groups excluding carboxylic acids is 1. The Hall–Kier alpha value is -2.74. The molecule has 2 amide bonds. The lowest BCUT2D eigenvalue weighted by Gasteiger charge is -2.37. The Balaban J connectivity index is 1.36. The van der Waals surface area contributed by atoms with E-state index < -0.39 is 23.4 Å². The first kappa shape index (κ1) is 21.5. The highest BCUT2D eigenvalue weighted by Gasteiger charge is 2.43. The molecule has 9 heteroatoms. The highest BCUT2D eigenvalue weighted by molar-refractivity contribution is 6.33. The van der Waals surface area contributed by atoms with Gasteiger partial charge in [0.25, 0.3) is 0 Å². The van der Waals surface area contributed by atoms with Crippen molar-refractivity contribution in [1.82, 2.24) is 4.90 Å². The minimum absolute atomic E-state index is 0.0464. The van der Waals surface area contributed by atoms with Crippen molar-refractivity contribution in [3.05, 3.63) is 64.2 Å². The number of amides is 2. The molecule has 1 saturated heterocycles. The molecule has 0 aliphatic carbocycles. The number of halogens is 4. The van der Waals surface area contributed by atoms with Gasteiger partial charge in [0, 0.05) is 32.4 Å². The van der Waals surface area contributed by atoms with Crippen molar-refractivity contribution in [3.8, 4) is 0 Å². The Kier molecular flexibility index (Phi) is 5.60. The fourth-order valence-corrected chi connectivity index (χ4v) is 3.96. The van der Waals surface area contributed by atoms with Crippen molar-refractivity contribution >= 4 is 29.0 Å². The van der Waals surface area contributed by atoms with Gasteiger partial charge in [-0.05, 0) is 30.7 Å². The lowest BCUT2D eigenvalue weighted by Crippen LogP contribution is -2.48. The number of piperidine rings is 1. The van der Waals surface area contributed by atoms with Gasteiger partial charge in [-0.3, -0.25) is 0 Å². The first-order valence-corrected chi connectivity index (χ1v) is 10.3. The van der Waals surface area contributed by atoms with Crippen molar-refractivity contribution in [3.63, 3.8) is 0 Å². The first-order valence-electron chi connectivity index (χ1n) is 9.90. The second kappa shape index (κ2) is 8.07. The molecule has 4 rings (SSSR count). The number of nitrogens with one attached hydrogen (secondary N) is 1. The summed E-state index contributed by atoms with van der Waals surface area (Å²) in [5.41, 5.74) is 1.67. The maximum atomic E-state index is 12.9. The first-order chi connectivity index (χ1) is 14.7. The monoisotopic (exact) mass is 451 g/mol. The van der Waals surface area contributed by atoms with Crippen LogP contribution in [0.2, 0.25) is 5.02 Å². The quantitative estimate of drug-likeness (QED) is 0.622. The zero-order valence-electron chi connectivity index (χ0n) is 16.8. The summed E-state index contributed by atoms with van der Waals surface area (Å²) in [7, 11) is 0. The molecule has 2 aromatic rings. The van der Waals surface area contributed by atoms with E-state index in [4.69, 9.17) is 16.4 Å². The lowest BCUT2D eigenvalue weighted by atomic mass is 9.85. The van der Waals surface area contributed by atoms with Crippen LogP contribution in [0, 0.1) is 6.92 Å². The second-order valence-electron chi connectivity index (χ2n) is 7.96. The summed E-state index contributed by atoms with van der Waals surface area (Å²) in [6.07, 6.45) is -2.70. The van der Waals surface area contributed by atoms with Crippen molar-refractivity contribution in [1.29, 1.82) is 0 Å². The Morgan fingerprint density at radius 2 is 1.84 bits per heavy atom. The van der Waals surface area contributed by atoms with Crippen LogP contribution >= 0.6 is 11.6 Å². The van der Waals surface area contributed by atoms with Gasteiger partial charge in [0.1, 0.15) is 5.60 Å². The molecule has 164 valence electrons. The summed E-state index contributed by atoms with van der Waals surface area (Å²) >= 11 is 5.98. The van der Waals surface area contributed by atoms with E-state index in [1.165, 1.54) is 0 Å². The number of likely N-dealkylation sites (tertiary alicyclic amines) is 1. The Labute approximate surface area is 182 Å². The number of hydrogen-bond donors (Lipinski definition) is 1. The molecule has 0 saturated carbocycles. The topological polar surface area (TPSA) is 53.9 Å². The predicted molar refractivity (Wildman–Crippen MR) is 112 cm³/mol. The number of hydrogen-bond acceptors (Lipinski definition) is 3. The van der Waals surface area contributed by atoms with Crippen molar-refractivity contribution < 1.29 is 22.8 Å². The normalized spacial score (nSPS) is 18.0. The van der Waals surface area contributed by atoms with Crippen LogP contribution in [0.4, 0.5) is 23.7 Å². The SMILES string of the molecule is Cc1ccc(C2=NOC3(CCN(C(=O)Nc4cc(C(F)(F)F)ccc4Cl)CC3)C2)cc1. The van der Waals surface area contributed by atoms with Crippen LogP contribution in [0.3, 0.4) is 0 Å². The largest absolute Gasteiger partial charge is 0.416 e. The zero-order chi connectivity index (χ0) is 22.2. The van der Waals surface area contributed by atoms with Crippen LogP contribution in [0.15, 0.2) is 47.6 Å². The van der Waals surface area contributed by atoms with Crippen LogP contribution in [-0.4, -0.2) is 35.3 Å². The lowest BCUT2D eigenvalue weighted by molar-refractivity contribution is -0.137. The molecule has 2 aliphatic heterocycles. The van der Waals surface area contributed by atoms with Gasteiger partial charge in [-0.25, -0.2) is 4.79 Å². The molecule has 1 N–H and O–H groups in total. The molecule has 1 spiro atoms. The molecule has 5 nitrogen and oxygen atoms in total. The molecule has 1 fully saturated rings. The van der Waals surface area contributed by atoms with Gasteiger partial charge < -0.3 is 15.1 Å². The van der Waals surface area contributed by atoms with Gasteiger partial charge in [0.2, 0.25) is 0 Å². The van der Waals surface area contributed by atoms with Crippen LogP contribution < -0.4 is 5.32 Å². The third-order valence-electron chi connectivity index (χ3n) is 5.72. The molecule has 2 heterocycles. The Morgan fingerprint density at radius 3 is 2.48 bits per heavy atom. The number of urea groups is 1. The van der Waals surface area contributed by atoms with Crippen molar-refractivity contribution in [2.75, 3.05) is 18.4 Å². The van der Waals surface area contributed by atoms with Gasteiger partial charge in [0.15, 0.2) is 0 Å². The number of alkyl halides is 3. The highest BCUT2D eigenvalue weighted by atomic mass is 35.5. The fraction of sp³-hybridized carbons (Fsp3) is 0.364. The average molecular weight is 452 g/mol. The molecular formula is C22H21ClF3N3O2. The van der Waals surface area contributed by atoms with Gasteiger partial charge in [-0.2, -0.15) is 13.2 Å². The van der Waals surface area contributed by atoms with E-state index in [0.29, 0.717) is 32.4 Å². The van der Waals surface area contributed by atoms with E-state index in [1.54, 1.807) is 4.90 Å². The Morgan fingerprint density at radius 1 is 1.16 bits per heavy atom. The molecule has 0 atom stereocenters. The predicted octanol–water partition coefficient (Wildman–Crippen LogP) is 5.86. The van der Waals surface area contributed by atoms with E-state index in [9.17, 15) is 18.0 Å². The van der Waals surface area contributed by atoms with E-state index in [2.05, 4.69) is 10.5 Å². The summed E-state index contributed by atoms with van der Waals surface area (Å²) in [5.74, 6) is 0. The standard InChI is InChI=1S/C22H21ClF3N3O2/c1-14-2-4-15(5-3-14)19-13-21(31-28-19)8-10-29(11-9-21)20(30)27-18-12-16(22(24,25)26)6-7-17(18)23/h2-7,12H,8-11,13H2,1H3,(H,27,30).